The van der Waals surface area contributed by atoms with Gasteiger partial charge in [0.05, 0.1) is 11.1 Å². The summed E-state index contributed by atoms with van der Waals surface area (Å²) in [5, 5.41) is 9.09. The van der Waals surface area contributed by atoms with Crippen LogP contribution in [-0.2, 0) is 6.18 Å². The lowest BCUT2D eigenvalue weighted by atomic mass is 9.94. The second-order valence-electron chi connectivity index (χ2n) is 4.61. The monoisotopic (exact) mass is 350 g/mol. The normalized spacial score (nSPS) is 12.1. The highest BCUT2D eigenvalue weighted by atomic mass is 19.4. The molecule has 0 amide bonds. The van der Waals surface area contributed by atoms with Crippen molar-refractivity contribution in [3.05, 3.63) is 53.6 Å². The SMILES string of the molecule is O=C(O)c1cccc(C(F)(F)F)c1-c1cccc(OC(F)(F)F)c1. The third kappa shape index (κ3) is 3.98. The zero-order chi connectivity index (χ0) is 18.1. The highest BCUT2D eigenvalue weighted by molar-refractivity contribution is 5.97. The Balaban J connectivity index is 2.67. The number of benzene rings is 2. The summed E-state index contributed by atoms with van der Waals surface area (Å²) in [6.45, 7) is 0. The summed E-state index contributed by atoms with van der Waals surface area (Å²) in [6, 6.07) is 6.20. The van der Waals surface area contributed by atoms with Gasteiger partial charge in [-0.05, 0) is 29.8 Å². The fourth-order valence-corrected chi connectivity index (χ4v) is 2.13. The van der Waals surface area contributed by atoms with Gasteiger partial charge in [-0.2, -0.15) is 13.2 Å². The molecule has 0 saturated heterocycles. The highest BCUT2D eigenvalue weighted by Gasteiger charge is 2.36. The summed E-state index contributed by atoms with van der Waals surface area (Å²) in [5.41, 5.74) is -3.05. The van der Waals surface area contributed by atoms with Gasteiger partial charge in [0, 0.05) is 5.56 Å². The van der Waals surface area contributed by atoms with Gasteiger partial charge >= 0.3 is 18.5 Å². The lowest BCUT2D eigenvalue weighted by molar-refractivity contribution is -0.274. The van der Waals surface area contributed by atoms with E-state index in [4.69, 9.17) is 5.11 Å². The number of rotatable bonds is 3. The van der Waals surface area contributed by atoms with E-state index in [1.807, 2.05) is 0 Å². The molecule has 0 aliphatic rings. The molecule has 0 aliphatic heterocycles. The van der Waals surface area contributed by atoms with Crippen LogP contribution in [0.2, 0.25) is 0 Å². The number of aromatic carboxylic acids is 1. The van der Waals surface area contributed by atoms with Crippen LogP contribution < -0.4 is 4.74 Å². The Bertz CT molecular complexity index is 765. The molecule has 0 atom stereocenters. The molecule has 24 heavy (non-hydrogen) atoms. The Kier molecular flexibility index (Phi) is 4.46. The van der Waals surface area contributed by atoms with Crippen molar-refractivity contribution in [1.29, 1.82) is 0 Å². The van der Waals surface area contributed by atoms with Crippen molar-refractivity contribution in [3.63, 3.8) is 0 Å². The molecule has 0 unspecified atom stereocenters. The quantitative estimate of drug-likeness (QED) is 0.795. The van der Waals surface area contributed by atoms with Gasteiger partial charge in [-0.3, -0.25) is 0 Å². The van der Waals surface area contributed by atoms with E-state index in [0.717, 1.165) is 30.3 Å². The molecular formula is C15H8F6O3. The van der Waals surface area contributed by atoms with Crippen LogP contribution in [0, 0.1) is 0 Å². The number of hydrogen-bond donors (Lipinski definition) is 1. The van der Waals surface area contributed by atoms with Crippen molar-refractivity contribution in [2.45, 2.75) is 12.5 Å². The minimum atomic E-state index is -5.03. The third-order valence-electron chi connectivity index (χ3n) is 2.96. The van der Waals surface area contributed by atoms with Gasteiger partial charge in [-0.15, -0.1) is 13.2 Å². The number of halogens is 6. The van der Waals surface area contributed by atoms with E-state index >= 15 is 0 Å². The van der Waals surface area contributed by atoms with Crippen LogP contribution >= 0.6 is 0 Å². The average molecular weight is 350 g/mol. The first kappa shape index (κ1) is 17.6. The predicted octanol–water partition coefficient (Wildman–Crippen LogP) is 4.97. The van der Waals surface area contributed by atoms with E-state index in [1.54, 1.807) is 0 Å². The molecule has 0 heterocycles. The largest absolute Gasteiger partial charge is 0.573 e. The first-order chi connectivity index (χ1) is 11.0. The molecule has 2 aromatic carbocycles. The summed E-state index contributed by atoms with van der Waals surface area (Å²) < 4.78 is 79.9. The average Bonchev–Trinajstić information content (AvgIpc) is 2.44. The van der Waals surface area contributed by atoms with E-state index in [1.165, 1.54) is 0 Å². The van der Waals surface area contributed by atoms with Gasteiger partial charge in [-0.25, -0.2) is 4.79 Å². The van der Waals surface area contributed by atoms with Crippen molar-refractivity contribution >= 4 is 5.97 Å². The van der Waals surface area contributed by atoms with Crippen molar-refractivity contribution < 1.29 is 41.0 Å². The molecule has 0 bridgehead atoms. The minimum Gasteiger partial charge on any atom is -0.478 e. The topological polar surface area (TPSA) is 46.5 Å². The molecule has 0 spiro atoms. The first-order valence-electron chi connectivity index (χ1n) is 6.29. The first-order valence-corrected chi connectivity index (χ1v) is 6.29. The Hall–Kier alpha value is -2.71. The maximum absolute atomic E-state index is 13.1. The maximum atomic E-state index is 13.1. The summed E-state index contributed by atoms with van der Waals surface area (Å²) in [7, 11) is 0. The van der Waals surface area contributed by atoms with Gasteiger partial charge in [0.15, 0.2) is 0 Å². The zero-order valence-corrected chi connectivity index (χ0v) is 11.6. The number of hydrogen-bond acceptors (Lipinski definition) is 2. The fraction of sp³-hybridized carbons (Fsp3) is 0.133. The molecule has 0 aromatic heterocycles. The van der Waals surface area contributed by atoms with Crippen LogP contribution in [-0.4, -0.2) is 17.4 Å². The highest BCUT2D eigenvalue weighted by Crippen LogP contribution is 2.40. The van der Waals surface area contributed by atoms with Crippen LogP contribution in [0.15, 0.2) is 42.5 Å². The van der Waals surface area contributed by atoms with Gasteiger partial charge in [0.1, 0.15) is 5.75 Å². The molecule has 3 nitrogen and oxygen atoms in total. The molecule has 128 valence electrons. The van der Waals surface area contributed by atoms with E-state index in [-0.39, 0.29) is 5.56 Å². The summed E-state index contributed by atoms with van der Waals surface area (Å²) >= 11 is 0. The van der Waals surface area contributed by atoms with Crippen molar-refractivity contribution in [1.82, 2.24) is 0 Å². The van der Waals surface area contributed by atoms with Crippen LogP contribution in [0.4, 0.5) is 26.3 Å². The molecule has 0 aliphatic carbocycles. The van der Waals surface area contributed by atoms with Gasteiger partial charge < -0.3 is 9.84 Å². The van der Waals surface area contributed by atoms with Crippen molar-refractivity contribution in [2.24, 2.45) is 0 Å². The molecule has 9 heteroatoms. The fourth-order valence-electron chi connectivity index (χ4n) is 2.13. The Morgan fingerprint density at radius 3 is 2.12 bits per heavy atom. The second-order valence-corrected chi connectivity index (χ2v) is 4.61. The van der Waals surface area contributed by atoms with Crippen LogP contribution in [0.1, 0.15) is 15.9 Å². The van der Waals surface area contributed by atoms with Gasteiger partial charge in [0.25, 0.3) is 0 Å². The number of carboxylic acid groups (broad SMARTS) is 1. The molecule has 0 radical (unpaired) electrons. The second kappa shape index (κ2) is 6.06. The van der Waals surface area contributed by atoms with Crippen molar-refractivity contribution in [3.8, 4) is 16.9 Å². The number of carbonyl (C=O) groups is 1. The minimum absolute atomic E-state index is 0.359. The molecular weight excluding hydrogens is 342 g/mol. The molecule has 0 saturated carbocycles. The van der Waals surface area contributed by atoms with Gasteiger partial charge in [-0.1, -0.05) is 18.2 Å². The van der Waals surface area contributed by atoms with E-state index in [0.29, 0.717) is 12.1 Å². The zero-order valence-electron chi connectivity index (χ0n) is 11.6. The summed E-state index contributed by atoms with van der Waals surface area (Å²) in [6.07, 6.45) is -9.92. The van der Waals surface area contributed by atoms with E-state index in [2.05, 4.69) is 4.74 Å². The van der Waals surface area contributed by atoms with E-state index < -0.39 is 40.9 Å². The lowest BCUT2D eigenvalue weighted by Crippen LogP contribution is -2.17. The van der Waals surface area contributed by atoms with Crippen LogP contribution in [0.3, 0.4) is 0 Å². The molecule has 0 fully saturated rings. The molecule has 2 rings (SSSR count). The maximum Gasteiger partial charge on any atom is 0.573 e. The third-order valence-corrected chi connectivity index (χ3v) is 2.96. The lowest BCUT2D eigenvalue weighted by Gasteiger charge is -2.16. The van der Waals surface area contributed by atoms with E-state index in [9.17, 15) is 31.1 Å². The van der Waals surface area contributed by atoms with Crippen LogP contribution in [0.5, 0.6) is 5.75 Å². The summed E-state index contributed by atoms with van der Waals surface area (Å²) in [4.78, 5) is 11.2. The number of ether oxygens (including phenoxy) is 1. The number of carboxylic acids is 1. The van der Waals surface area contributed by atoms with Crippen LogP contribution in [0.25, 0.3) is 11.1 Å². The smallest absolute Gasteiger partial charge is 0.478 e. The number of alkyl halides is 6. The van der Waals surface area contributed by atoms with Crippen molar-refractivity contribution in [2.75, 3.05) is 0 Å². The standard InChI is InChI=1S/C15H8F6O3/c16-14(17,18)11-6-2-5-10(13(22)23)12(11)8-3-1-4-9(7-8)24-15(19,20)21/h1-7H,(H,22,23). The van der Waals surface area contributed by atoms with Gasteiger partial charge in [0.2, 0.25) is 0 Å². The Morgan fingerprint density at radius 2 is 1.58 bits per heavy atom. The molecule has 1 N–H and O–H groups in total. The summed E-state index contributed by atoms with van der Waals surface area (Å²) in [5.74, 6) is -2.40. The predicted molar refractivity (Wildman–Crippen MR) is 70.5 cm³/mol. The Labute approximate surface area is 131 Å². The Morgan fingerprint density at radius 1 is 0.958 bits per heavy atom. The molecule has 2 aromatic rings.